The summed E-state index contributed by atoms with van der Waals surface area (Å²) >= 11 is 0. The van der Waals surface area contributed by atoms with Gasteiger partial charge in [0.15, 0.2) is 5.94 Å². The molecule has 1 N–H and O–H groups in total. The highest BCUT2D eigenvalue weighted by atomic mass is 32.2. The van der Waals surface area contributed by atoms with Crippen LogP contribution in [0.1, 0.15) is 5.56 Å². The Balaban J connectivity index is 1.41. The summed E-state index contributed by atoms with van der Waals surface area (Å²) in [6.45, 7) is 2.39. The lowest BCUT2D eigenvalue weighted by Crippen LogP contribution is -2.41. The zero-order chi connectivity index (χ0) is 24.6. The fourth-order valence-corrected chi connectivity index (χ4v) is 6.19. The lowest BCUT2D eigenvalue weighted by atomic mass is 10.0. The Morgan fingerprint density at radius 1 is 1.03 bits per heavy atom. The highest BCUT2D eigenvalue weighted by Gasteiger charge is 2.27. The number of hydrogen-bond donors (Lipinski definition) is 1. The van der Waals surface area contributed by atoms with E-state index in [2.05, 4.69) is 14.7 Å². The molecule has 1 aliphatic rings. The number of nitrogens with zero attached hydrogens (tertiary/aromatic N) is 3. The van der Waals surface area contributed by atoms with Crippen molar-refractivity contribution in [2.75, 3.05) is 28.1 Å². The van der Waals surface area contributed by atoms with Crippen molar-refractivity contribution < 1.29 is 21.6 Å². The van der Waals surface area contributed by atoms with Gasteiger partial charge in [-0.15, -0.1) is 0 Å². The normalized spacial score (nSPS) is 15.7. The topological polar surface area (TPSA) is 119 Å². The van der Waals surface area contributed by atoms with E-state index in [4.69, 9.17) is 4.74 Å². The highest BCUT2D eigenvalue weighted by Crippen LogP contribution is 2.29. The number of ether oxygens (including phenoxy) is 1. The molecule has 2 aromatic heterocycles. The summed E-state index contributed by atoms with van der Waals surface area (Å²) in [5.41, 5.74) is 4.05. The Bertz CT molecular complexity index is 1620. The first-order valence-corrected chi connectivity index (χ1v) is 13.9. The summed E-state index contributed by atoms with van der Waals surface area (Å²) in [5.74, 6) is -0.396. The number of anilines is 2. The molecule has 3 heterocycles. The number of aryl methyl sites for hydroxylation is 1. The van der Waals surface area contributed by atoms with Crippen LogP contribution < -0.4 is 9.03 Å². The second-order valence-corrected chi connectivity index (χ2v) is 11.6. The Morgan fingerprint density at radius 2 is 1.83 bits per heavy atom. The molecule has 1 saturated heterocycles. The predicted molar refractivity (Wildman–Crippen MR) is 134 cm³/mol. The second kappa shape index (κ2) is 8.91. The summed E-state index contributed by atoms with van der Waals surface area (Å²) in [5, 5.41) is 0.916. The summed E-state index contributed by atoms with van der Waals surface area (Å²) in [4.78, 5) is 8.81. The van der Waals surface area contributed by atoms with E-state index in [0.29, 0.717) is 11.4 Å². The molecular formula is C24H22N4O5S2. The molecule has 11 heteroatoms. The molecule has 4 aromatic rings. The molecule has 0 unspecified atom stereocenters. The van der Waals surface area contributed by atoms with E-state index in [1.807, 2.05) is 31.2 Å². The maximum atomic E-state index is 13.0. The third-order valence-corrected chi connectivity index (χ3v) is 8.62. The minimum atomic E-state index is -3.91. The van der Waals surface area contributed by atoms with Crippen molar-refractivity contribution in [1.82, 2.24) is 9.97 Å². The number of rotatable bonds is 5. The fourth-order valence-electron chi connectivity index (χ4n) is 3.89. The maximum Gasteiger partial charge on any atom is 0.261 e. The van der Waals surface area contributed by atoms with E-state index in [0.717, 1.165) is 27.7 Å². The van der Waals surface area contributed by atoms with Crippen LogP contribution in [0.15, 0.2) is 78.0 Å². The molecule has 5 rings (SSSR count). The number of pyridine rings is 2. The quantitative estimate of drug-likeness (QED) is 0.436. The van der Waals surface area contributed by atoms with Gasteiger partial charge >= 0.3 is 0 Å². The molecule has 0 atom stereocenters. The van der Waals surface area contributed by atoms with Gasteiger partial charge in [-0.2, -0.15) is 0 Å². The number of hydrogen-bond acceptors (Lipinski definition) is 7. The molecule has 1 fully saturated rings. The first-order chi connectivity index (χ1) is 16.7. The summed E-state index contributed by atoms with van der Waals surface area (Å²) in [6.07, 6.45) is 3.42. The van der Waals surface area contributed by atoms with Crippen molar-refractivity contribution in [3.05, 3.63) is 78.6 Å². The van der Waals surface area contributed by atoms with Gasteiger partial charge in [0.25, 0.3) is 20.0 Å². The van der Waals surface area contributed by atoms with Crippen LogP contribution in [0.5, 0.6) is 0 Å². The molecule has 35 heavy (non-hydrogen) atoms. The maximum absolute atomic E-state index is 13.0. The Morgan fingerprint density at radius 3 is 2.60 bits per heavy atom. The van der Waals surface area contributed by atoms with Gasteiger partial charge in [-0.1, -0.05) is 6.07 Å². The molecule has 0 aliphatic carbocycles. The van der Waals surface area contributed by atoms with Crippen LogP contribution in [0, 0.1) is 6.92 Å². The Labute approximate surface area is 203 Å². The number of fused-ring (bicyclic) bond motifs is 1. The third-order valence-electron chi connectivity index (χ3n) is 5.70. The van der Waals surface area contributed by atoms with Crippen LogP contribution in [-0.4, -0.2) is 45.9 Å². The minimum Gasteiger partial charge on any atom is -0.362 e. The summed E-state index contributed by atoms with van der Waals surface area (Å²) in [7, 11) is -7.49. The molecule has 9 nitrogen and oxygen atoms in total. The van der Waals surface area contributed by atoms with Gasteiger partial charge in [-0.3, -0.25) is 14.0 Å². The van der Waals surface area contributed by atoms with Crippen LogP contribution in [0.25, 0.3) is 22.2 Å². The van der Waals surface area contributed by atoms with Crippen LogP contribution in [0.2, 0.25) is 0 Å². The zero-order valence-corrected chi connectivity index (χ0v) is 20.4. The minimum absolute atomic E-state index is 0.0189. The van der Waals surface area contributed by atoms with E-state index in [1.165, 1.54) is 28.6 Å². The molecular weight excluding hydrogens is 488 g/mol. The second-order valence-electron chi connectivity index (χ2n) is 8.10. The third kappa shape index (κ3) is 4.70. The van der Waals surface area contributed by atoms with Crippen LogP contribution >= 0.6 is 0 Å². The molecule has 0 spiro atoms. The SMILES string of the molecule is Cc1ccc(NS(=O)(=O)c2ccc(N3CCOCS3(=O)=O)cc2)cc1-c1ccc2cnccc2n1. The van der Waals surface area contributed by atoms with Crippen LogP contribution in [0.4, 0.5) is 11.4 Å². The molecule has 0 bridgehead atoms. The number of nitrogens with one attached hydrogen (secondary N) is 1. The Hall–Kier alpha value is -3.54. The summed E-state index contributed by atoms with van der Waals surface area (Å²) in [6, 6.07) is 16.6. The Kier molecular flexibility index (Phi) is 5.91. The van der Waals surface area contributed by atoms with Gasteiger partial charge in [0.2, 0.25) is 0 Å². The van der Waals surface area contributed by atoms with E-state index in [9.17, 15) is 16.8 Å². The fraction of sp³-hybridized carbons (Fsp3) is 0.167. The van der Waals surface area contributed by atoms with Crippen molar-refractivity contribution in [1.29, 1.82) is 0 Å². The van der Waals surface area contributed by atoms with Crippen molar-refractivity contribution in [2.24, 2.45) is 0 Å². The van der Waals surface area contributed by atoms with Gasteiger partial charge < -0.3 is 4.74 Å². The van der Waals surface area contributed by atoms with Gasteiger partial charge in [0.05, 0.1) is 34.9 Å². The molecule has 0 amide bonds. The monoisotopic (exact) mass is 510 g/mol. The van der Waals surface area contributed by atoms with Gasteiger partial charge in [-0.05, 0) is 67.1 Å². The van der Waals surface area contributed by atoms with E-state index in [-0.39, 0.29) is 18.0 Å². The predicted octanol–water partition coefficient (Wildman–Crippen LogP) is 3.53. The van der Waals surface area contributed by atoms with Gasteiger partial charge in [-0.25, -0.2) is 21.8 Å². The average Bonchev–Trinajstić information content (AvgIpc) is 2.84. The lowest BCUT2D eigenvalue weighted by molar-refractivity contribution is 0.175. The lowest BCUT2D eigenvalue weighted by Gasteiger charge is -2.28. The molecule has 0 radical (unpaired) electrons. The van der Waals surface area contributed by atoms with Crippen molar-refractivity contribution in [3.8, 4) is 11.3 Å². The van der Waals surface area contributed by atoms with E-state index in [1.54, 1.807) is 24.5 Å². The van der Waals surface area contributed by atoms with Crippen molar-refractivity contribution in [3.63, 3.8) is 0 Å². The smallest absolute Gasteiger partial charge is 0.261 e. The standard InChI is InChI=1S/C24H22N4O5S2/c1-17-2-4-19(14-22(17)24-9-3-18-15-25-11-10-23(18)26-24)27-35(31,32)21-7-5-20(6-8-21)28-12-13-33-16-34(28,29)30/h2-11,14-15,27H,12-13,16H2,1H3. The number of benzene rings is 2. The molecule has 2 aromatic carbocycles. The zero-order valence-electron chi connectivity index (χ0n) is 18.7. The van der Waals surface area contributed by atoms with E-state index >= 15 is 0 Å². The van der Waals surface area contributed by atoms with Crippen LogP contribution in [0.3, 0.4) is 0 Å². The summed E-state index contributed by atoms with van der Waals surface area (Å²) < 4.78 is 59.3. The van der Waals surface area contributed by atoms with E-state index < -0.39 is 26.0 Å². The number of sulfonamides is 2. The first-order valence-electron chi connectivity index (χ1n) is 10.8. The van der Waals surface area contributed by atoms with Gasteiger partial charge in [0, 0.05) is 29.0 Å². The molecule has 0 saturated carbocycles. The highest BCUT2D eigenvalue weighted by molar-refractivity contribution is 7.93. The van der Waals surface area contributed by atoms with Gasteiger partial charge in [0.1, 0.15) is 0 Å². The molecule has 180 valence electrons. The largest absolute Gasteiger partial charge is 0.362 e. The van der Waals surface area contributed by atoms with Crippen molar-refractivity contribution >= 4 is 42.3 Å². The number of aromatic nitrogens is 2. The van der Waals surface area contributed by atoms with Crippen molar-refractivity contribution in [2.45, 2.75) is 11.8 Å². The van der Waals surface area contributed by atoms with Crippen LogP contribution in [-0.2, 0) is 24.8 Å². The molecule has 1 aliphatic heterocycles. The first kappa shape index (κ1) is 23.2. The average molecular weight is 511 g/mol.